The van der Waals surface area contributed by atoms with E-state index >= 15 is 0 Å². The number of amides is 1. The van der Waals surface area contributed by atoms with Gasteiger partial charge < -0.3 is 15.4 Å². The summed E-state index contributed by atoms with van der Waals surface area (Å²) >= 11 is 0. The van der Waals surface area contributed by atoms with Gasteiger partial charge in [-0.2, -0.15) is 13.2 Å². The van der Waals surface area contributed by atoms with Crippen LogP contribution in [-0.2, 0) is 16.0 Å². The van der Waals surface area contributed by atoms with E-state index in [9.17, 15) is 18.0 Å². The number of benzene rings is 1. The smallest absolute Gasteiger partial charge is 0.370 e. The van der Waals surface area contributed by atoms with E-state index in [4.69, 9.17) is 0 Å². The predicted octanol–water partition coefficient (Wildman–Crippen LogP) is 2.02. The molecule has 1 atom stereocenters. The molecule has 1 amide bonds. The van der Waals surface area contributed by atoms with Gasteiger partial charge in [0.25, 0.3) is 0 Å². The number of alkyl halides is 3. The van der Waals surface area contributed by atoms with Crippen molar-refractivity contribution in [2.45, 2.75) is 18.6 Å². The number of rotatable bonds is 5. The molecule has 1 aromatic rings. The van der Waals surface area contributed by atoms with Crippen molar-refractivity contribution in [1.82, 2.24) is 5.32 Å². The zero-order valence-corrected chi connectivity index (χ0v) is 10.9. The first kappa shape index (κ1) is 14.8. The number of hydrogen-bond donors (Lipinski definition) is 2. The van der Waals surface area contributed by atoms with Crippen molar-refractivity contribution in [1.29, 1.82) is 0 Å². The molecular weight excluding hydrogens is 273 g/mol. The number of fused-ring (bicyclic) bond motifs is 1. The Morgan fingerprint density at radius 2 is 2.20 bits per heavy atom. The normalized spacial score (nSPS) is 15.9. The quantitative estimate of drug-likeness (QED) is 0.871. The van der Waals surface area contributed by atoms with Gasteiger partial charge in [0.2, 0.25) is 5.91 Å². The van der Waals surface area contributed by atoms with Gasteiger partial charge in [-0.3, -0.25) is 4.79 Å². The second kappa shape index (κ2) is 5.80. The minimum absolute atomic E-state index is 0.0773. The van der Waals surface area contributed by atoms with Crippen LogP contribution in [0.1, 0.15) is 17.2 Å². The molecule has 2 N–H and O–H groups in total. The summed E-state index contributed by atoms with van der Waals surface area (Å²) in [5, 5.41) is 5.61. The molecule has 0 saturated heterocycles. The Morgan fingerprint density at radius 3 is 2.85 bits per heavy atom. The summed E-state index contributed by atoms with van der Waals surface area (Å²) < 4.78 is 40.8. The molecule has 7 heteroatoms. The van der Waals surface area contributed by atoms with Gasteiger partial charge in [0.15, 0.2) is 0 Å². The van der Waals surface area contributed by atoms with E-state index in [0.29, 0.717) is 6.42 Å². The van der Waals surface area contributed by atoms with Gasteiger partial charge in [-0.15, -0.1) is 0 Å². The largest absolute Gasteiger partial charge is 0.411 e. The Kier molecular flexibility index (Phi) is 4.29. The molecule has 0 radical (unpaired) electrons. The summed E-state index contributed by atoms with van der Waals surface area (Å²) in [5.74, 6) is -0.0773. The maximum atomic E-state index is 12.0. The van der Waals surface area contributed by atoms with Crippen molar-refractivity contribution in [3.63, 3.8) is 0 Å². The standard InChI is InChI=1S/C13H15F3N2O2/c1-17-11(6-20-7-13(14,15)16)8-2-3-10-9(4-8)5-12(19)18-10/h2-4,11,17H,5-7H2,1H3,(H,18,19). The number of hydrogen-bond acceptors (Lipinski definition) is 3. The van der Waals surface area contributed by atoms with E-state index in [1.54, 1.807) is 19.2 Å². The molecule has 110 valence electrons. The second-order valence-electron chi connectivity index (χ2n) is 4.61. The molecule has 0 saturated carbocycles. The fraction of sp³-hybridized carbons (Fsp3) is 0.462. The maximum Gasteiger partial charge on any atom is 0.411 e. The summed E-state index contributed by atoms with van der Waals surface area (Å²) in [6.07, 6.45) is -4.03. The second-order valence-corrected chi connectivity index (χ2v) is 4.61. The van der Waals surface area contributed by atoms with E-state index < -0.39 is 12.8 Å². The lowest BCUT2D eigenvalue weighted by atomic mass is 10.0. The first-order valence-corrected chi connectivity index (χ1v) is 6.13. The summed E-state index contributed by atoms with van der Waals surface area (Å²) in [5.41, 5.74) is 2.40. The lowest BCUT2D eigenvalue weighted by molar-refractivity contribution is -0.175. The van der Waals surface area contributed by atoms with Crippen molar-refractivity contribution >= 4 is 11.6 Å². The molecule has 0 fully saturated rings. The number of ether oxygens (including phenoxy) is 1. The fourth-order valence-electron chi connectivity index (χ4n) is 2.10. The summed E-state index contributed by atoms with van der Waals surface area (Å²) in [4.78, 5) is 11.3. The Labute approximate surface area is 114 Å². The lowest BCUT2D eigenvalue weighted by Crippen LogP contribution is -2.25. The number of anilines is 1. The number of nitrogens with one attached hydrogen (secondary N) is 2. The molecule has 1 aromatic carbocycles. The predicted molar refractivity (Wildman–Crippen MR) is 67.5 cm³/mol. The highest BCUT2D eigenvalue weighted by Gasteiger charge is 2.28. The first-order chi connectivity index (χ1) is 9.39. The molecule has 0 aliphatic carbocycles. The molecule has 1 heterocycles. The molecule has 1 aliphatic rings. The highest BCUT2D eigenvalue weighted by Crippen LogP contribution is 2.26. The minimum atomic E-state index is -4.33. The number of carbonyl (C=O) groups is 1. The van der Waals surface area contributed by atoms with Crippen molar-refractivity contribution in [3.05, 3.63) is 29.3 Å². The molecule has 0 spiro atoms. The van der Waals surface area contributed by atoms with Gasteiger partial charge in [0.05, 0.1) is 19.1 Å². The third-order valence-corrected chi connectivity index (χ3v) is 3.06. The van der Waals surface area contributed by atoms with Crippen molar-refractivity contribution in [2.24, 2.45) is 0 Å². The molecule has 1 aliphatic heterocycles. The zero-order chi connectivity index (χ0) is 14.8. The SMILES string of the molecule is CNC(COCC(F)(F)F)c1ccc2c(c1)CC(=O)N2. The van der Waals surface area contributed by atoms with Crippen LogP contribution in [0.5, 0.6) is 0 Å². The van der Waals surface area contributed by atoms with Crippen LogP contribution in [0.3, 0.4) is 0 Å². The number of likely N-dealkylation sites (N-methyl/N-ethyl adjacent to an activating group) is 1. The molecular formula is C13H15F3N2O2. The monoisotopic (exact) mass is 288 g/mol. The third kappa shape index (κ3) is 3.71. The van der Waals surface area contributed by atoms with Gasteiger partial charge >= 0.3 is 6.18 Å². The van der Waals surface area contributed by atoms with Crippen LogP contribution in [0.15, 0.2) is 18.2 Å². The highest BCUT2D eigenvalue weighted by molar-refractivity contribution is 5.99. The van der Waals surface area contributed by atoms with Gasteiger partial charge in [0, 0.05) is 5.69 Å². The zero-order valence-electron chi connectivity index (χ0n) is 10.9. The van der Waals surface area contributed by atoms with E-state index in [0.717, 1.165) is 16.8 Å². The van der Waals surface area contributed by atoms with Crippen LogP contribution in [0.4, 0.5) is 18.9 Å². The van der Waals surface area contributed by atoms with E-state index in [1.807, 2.05) is 6.07 Å². The van der Waals surface area contributed by atoms with E-state index in [-0.39, 0.29) is 18.6 Å². The number of carbonyl (C=O) groups excluding carboxylic acids is 1. The number of halogens is 3. The van der Waals surface area contributed by atoms with Crippen LogP contribution in [0.25, 0.3) is 0 Å². The van der Waals surface area contributed by atoms with Crippen LogP contribution < -0.4 is 10.6 Å². The minimum Gasteiger partial charge on any atom is -0.370 e. The molecule has 2 rings (SSSR count). The van der Waals surface area contributed by atoms with Crippen LogP contribution in [0, 0.1) is 0 Å². The van der Waals surface area contributed by atoms with Crippen LogP contribution in [-0.4, -0.2) is 32.3 Å². The first-order valence-electron chi connectivity index (χ1n) is 6.13. The maximum absolute atomic E-state index is 12.0. The van der Waals surface area contributed by atoms with Gasteiger partial charge in [0.1, 0.15) is 6.61 Å². The third-order valence-electron chi connectivity index (χ3n) is 3.06. The van der Waals surface area contributed by atoms with Crippen molar-refractivity contribution < 1.29 is 22.7 Å². The highest BCUT2D eigenvalue weighted by atomic mass is 19.4. The molecule has 1 unspecified atom stereocenters. The molecule has 20 heavy (non-hydrogen) atoms. The Bertz CT molecular complexity index is 503. The Balaban J connectivity index is 2.01. The van der Waals surface area contributed by atoms with Crippen LogP contribution in [0.2, 0.25) is 0 Å². The van der Waals surface area contributed by atoms with Crippen molar-refractivity contribution in [3.8, 4) is 0 Å². The Hall–Kier alpha value is -1.60. The molecule has 4 nitrogen and oxygen atoms in total. The lowest BCUT2D eigenvalue weighted by Gasteiger charge is -2.18. The average molecular weight is 288 g/mol. The summed E-state index contributed by atoms with van der Waals surface area (Å²) in [7, 11) is 1.65. The topological polar surface area (TPSA) is 50.4 Å². The Morgan fingerprint density at radius 1 is 1.45 bits per heavy atom. The molecule has 0 bridgehead atoms. The molecule has 0 aromatic heterocycles. The van der Waals surface area contributed by atoms with Gasteiger partial charge in [-0.1, -0.05) is 12.1 Å². The van der Waals surface area contributed by atoms with Crippen LogP contribution >= 0.6 is 0 Å². The average Bonchev–Trinajstić information content (AvgIpc) is 2.72. The fourth-order valence-corrected chi connectivity index (χ4v) is 2.10. The van der Waals surface area contributed by atoms with E-state index in [2.05, 4.69) is 15.4 Å². The van der Waals surface area contributed by atoms with Gasteiger partial charge in [-0.25, -0.2) is 0 Å². The summed E-state index contributed by atoms with van der Waals surface area (Å²) in [6.45, 7) is -1.35. The van der Waals surface area contributed by atoms with Gasteiger partial charge in [-0.05, 0) is 24.2 Å². The summed E-state index contributed by atoms with van der Waals surface area (Å²) in [6, 6.07) is 4.98. The van der Waals surface area contributed by atoms with E-state index in [1.165, 1.54) is 0 Å². The van der Waals surface area contributed by atoms with Crippen molar-refractivity contribution in [2.75, 3.05) is 25.6 Å².